The summed E-state index contributed by atoms with van der Waals surface area (Å²) in [6.07, 6.45) is 4.07. The van der Waals surface area contributed by atoms with Crippen molar-refractivity contribution in [1.29, 1.82) is 0 Å². The molecule has 1 unspecified atom stereocenters. The van der Waals surface area contributed by atoms with Crippen molar-refractivity contribution < 1.29 is 4.79 Å². The molecule has 160 valence electrons. The van der Waals surface area contributed by atoms with Crippen molar-refractivity contribution in [3.63, 3.8) is 0 Å². The first-order chi connectivity index (χ1) is 15.0. The van der Waals surface area contributed by atoms with Crippen LogP contribution in [-0.2, 0) is 26.6 Å². The Labute approximate surface area is 183 Å². The lowest BCUT2D eigenvalue weighted by Gasteiger charge is -2.16. The fourth-order valence-corrected chi connectivity index (χ4v) is 4.88. The SMILES string of the molecule is Cc1nc(Cn2nc3n(c2=O)CCC(NC(=O)c2cccc4c2ccn4C)CC3)cs1. The van der Waals surface area contributed by atoms with E-state index in [1.807, 2.05) is 54.4 Å². The van der Waals surface area contributed by atoms with Crippen molar-refractivity contribution >= 4 is 28.1 Å². The molecular weight excluding hydrogens is 412 g/mol. The van der Waals surface area contributed by atoms with E-state index >= 15 is 0 Å². The molecule has 5 rings (SSSR count). The fourth-order valence-electron chi connectivity index (χ4n) is 4.27. The van der Waals surface area contributed by atoms with Gasteiger partial charge < -0.3 is 9.88 Å². The molecule has 3 aromatic heterocycles. The van der Waals surface area contributed by atoms with Gasteiger partial charge in [0.15, 0.2) is 0 Å². The Balaban J connectivity index is 1.29. The lowest BCUT2D eigenvalue weighted by molar-refractivity contribution is 0.0934. The molecule has 9 heteroatoms. The summed E-state index contributed by atoms with van der Waals surface area (Å²) in [5, 5.41) is 11.6. The summed E-state index contributed by atoms with van der Waals surface area (Å²) in [6.45, 7) is 2.89. The summed E-state index contributed by atoms with van der Waals surface area (Å²) in [4.78, 5) is 30.2. The number of aryl methyl sites for hydroxylation is 3. The molecule has 8 nitrogen and oxygen atoms in total. The van der Waals surface area contributed by atoms with Gasteiger partial charge in [0.1, 0.15) is 5.82 Å². The summed E-state index contributed by atoms with van der Waals surface area (Å²) in [5.74, 6) is 0.705. The Hall–Kier alpha value is -3.20. The van der Waals surface area contributed by atoms with Crippen molar-refractivity contribution in [2.45, 2.75) is 45.3 Å². The van der Waals surface area contributed by atoms with Gasteiger partial charge in [-0.25, -0.2) is 14.5 Å². The molecule has 4 heterocycles. The monoisotopic (exact) mass is 436 g/mol. The molecule has 0 saturated carbocycles. The highest BCUT2D eigenvalue weighted by molar-refractivity contribution is 7.09. The topological polar surface area (TPSA) is 86.7 Å². The van der Waals surface area contributed by atoms with Gasteiger partial charge in [-0.1, -0.05) is 6.07 Å². The first-order valence-corrected chi connectivity index (χ1v) is 11.3. The van der Waals surface area contributed by atoms with Gasteiger partial charge in [-0.2, -0.15) is 5.10 Å². The van der Waals surface area contributed by atoms with Crippen LogP contribution in [0.3, 0.4) is 0 Å². The molecule has 0 aliphatic carbocycles. The number of benzene rings is 1. The second-order valence-electron chi connectivity index (χ2n) is 8.03. The average molecular weight is 437 g/mol. The van der Waals surface area contributed by atoms with Gasteiger partial charge in [0.05, 0.1) is 17.2 Å². The van der Waals surface area contributed by atoms with E-state index in [-0.39, 0.29) is 17.6 Å². The summed E-state index contributed by atoms with van der Waals surface area (Å²) < 4.78 is 5.25. The van der Waals surface area contributed by atoms with Crippen molar-refractivity contribution in [3.05, 3.63) is 68.4 Å². The van der Waals surface area contributed by atoms with Gasteiger partial charge in [-0.05, 0) is 38.0 Å². The lowest BCUT2D eigenvalue weighted by Crippen LogP contribution is -2.36. The van der Waals surface area contributed by atoms with E-state index < -0.39 is 0 Å². The summed E-state index contributed by atoms with van der Waals surface area (Å²) in [5.41, 5.74) is 2.46. The van der Waals surface area contributed by atoms with E-state index in [4.69, 9.17) is 0 Å². The Morgan fingerprint density at radius 1 is 1.29 bits per heavy atom. The third-order valence-corrected chi connectivity index (χ3v) is 6.73. The number of hydrogen-bond donors (Lipinski definition) is 1. The smallest absolute Gasteiger partial charge is 0.346 e. The standard InChI is InChI=1S/C22H24N6O2S/c1-14-23-16(13-31-14)12-28-22(30)27-11-8-15(6-7-20(27)25-28)24-21(29)18-4-3-5-19-17(18)9-10-26(19)2/h3-5,9-10,13,15H,6-8,11-12H2,1-2H3,(H,24,29). The number of rotatable bonds is 4. The van der Waals surface area contributed by atoms with E-state index in [0.29, 0.717) is 31.5 Å². The van der Waals surface area contributed by atoms with Gasteiger partial charge in [-0.15, -0.1) is 11.3 Å². The second kappa shape index (κ2) is 7.81. The number of thiazole rings is 1. The van der Waals surface area contributed by atoms with Crippen LogP contribution in [0, 0.1) is 6.92 Å². The molecule has 1 amide bonds. The number of nitrogens with zero attached hydrogens (tertiary/aromatic N) is 5. The first-order valence-electron chi connectivity index (χ1n) is 10.4. The first kappa shape index (κ1) is 19.7. The third kappa shape index (κ3) is 3.69. The number of carbonyl (C=O) groups excluding carboxylic acids is 1. The third-order valence-electron chi connectivity index (χ3n) is 5.90. The van der Waals surface area contributed by atoms with E-state index in [9.17, 15) is 9.59 Å². The van der Waals surface area contributed by atoms with Crippen molar-refractivity contribution in [1.82, 2.24) is 29.2 Å². The van der Waals surface area contributed by atoms with Crippen LogP contribution in [-0.4, -0.2) is 35.8 Å². The molecule has 1 atom stereocenters. The second-order valence-corrected chi connectivity index (χ2v) is 9.09. The molecule has 0 bridgehead atoms. The lowest BCUT2D eigenvalue weighted by atomic mass is 10.1. The van der Waals surface area contributed by atoms with Gasteiger partial charge in [0, 0.05) is 54.1 Å². The van der Waals surface area contributed by atoms with Crippen LogP contribution in [0.15, 0.2) is 40.6 Å². The minimum Gasteiger partial charge on any atom is -0.351 e. The average Bonchev–Trinajstić information content (AvgIpc) is 3.38. The minimum atomic E-state index is -0.110. The van der Waals surface area contributed by atoms with Crippen LogP contribution >= 0.6 is 11.3 Å². The predicted molar refractivity (Wildman–Crippen MR) is 120 cm³/mol. The number of nitrogens with one attached hydrogen (secondary N) is 1. The Morgan fingerprint density at radius 2 is 2.16 bits per heavy atom. The zero-order chi connectivity index (χ0) is 21.5. The Bertz CT molecular complexity index is 1330. The molecule has 1 aliphatic rings. The molecule has 4 aromatic rings. The van der Waals surface area contributed by atoms with Crippen LogP contribution in [0.5, 0.6) is 0 Å². The Kier molecular flexibility index (Phi) is 4.97. The quantitative estimate of drug-likeness (QED) is 0.533. The van der Waals surface area contributed by atoms with Crippen LogP contribution in [0.1, 0.15) is 39.7 Å². The van der Waals surface area contributed by atoms with Gasteiger partial charge in [0.25, 0.3) is 5.91 Å². The highest BCUT2D eigenvalue weighted by Gasteiger charge is 2.23. The maximum Gasteiger partial charge on any atom is 0.346 e. The van der Waals surface area contributed by atoms with Gasteiger partial charge in [-0.3, -0.25) is 9.36 Å². The largest absolute Gasteiger partial charge is 0.351 e. The Morgan fingerprint density at radius 3 is 2.97 bits per heavy atom. The molecule has 31 heavy (non-hydrogen) atoms. The predicted octanol–water partition coefficient (Wildman–Crippen LogP) is 2.48. The summed E-state index contributed by atoms with van der Waals surface area (Å²) in [6, 6.07) is 7.75. The van der Waals surface area contributed by atoms with Gasteiger partial charge >= 0.3 is 5.69 Å². The number of carbonyl (C=O) groups is 1. The summed E-state index contributed by atoms with van der Waals surface area (Å²) in [7, 11) is 1.97. The molecular formula is C22H24N6O2S. The van der Waals surface area contributed by atoms with Crippen LogP contribution in [0.4, 0.5) is 0 Å². The van der Waals surface area contributed by atoms with Crippen molar-refractivity contribution in [2.24, 2.45) is 7.05 Å². The van der Waals surface area contributed by atoms with E-state index in [1.54, 1.807) is 15.9 Å². The van der Waals surface area contributed by atoms with Crippen molar-refractivity contribution in [3.8, 4) is 0 Å². The van der Waals surface area contributed by atoms with Gasteiger partial charge in [0.2, 0.25) is 0 Å². The zero-order valence-electron chi connectivity index (χ0n) is 17.5. The number of aromatic nitrogens is 5. The number of fused-ring (bicyclic) bond motifs is 2. The van der Waals surface area contributed by atoms with E-state index in [2.05, 4.69) is 15.4 Å². The molecule has 0 radical (unpaired) electrons. The minimum absolute atomic E-state index is 0.00204. The number of amides is 1. The van der Waals surface area contributed by atoms with E-state index in [1.165, 1.54) is 4.68 Å². The molecule has 1 N–H and O–H groups in total. The molecule has 0 saturated heterocycles. The van der Waals surface area contributed by atoms with Crippen molar-refractivity contribution in [2.75, 3.05) is 0 Å². The highest BCUT2D eigenvalue weighted by Crippen LogP contribution is 2.20. The van der Waals surface area contributed by atoms with Crippen LogP contribution in [0.2, 0.25) is 0 Å². The van der Waals surface area contributed by atoms with Crippen LogP contribution in [0.25, 0.3) is 10.9 Å². The summed E-state index contributed by atoms with van der Waals surface area (Å²) >= 11 is 1.57. The molecule has 1 aromatic carbocycles. The molecule has 1 aliphatic heterocycles. The van der Waals surface area contributed by atoms with Crippen LogP contribution < -0.4 is 11.0 Å². The fraction of sp³-hybridized carbons (Fsp3) is 0.364. The van der Waals surface area contributed by atoms with E-state index in [0.717, 1.165) is 33.8 Å². The zero-order valence-corrected chi connectivity index (χ0v) is 18.4. The number of hydrogen-bond acceptors (Lipinski definition) is 5. The maximum absolute atomic E-state index is 13.0. The molecule has 0 fully saturated rings. The maximum atomic E-state index is 13.0. The highest BCUT2D eigenvalue weighted by atomic mass is 32.1. The molecule has 0 spiro atoms. The normalized spacial score (nSPS) is 16.3.